The van der Waals surface area contributed by atoms with Gasteiger partial charge in [-0.3, -0.25) is 4.79 Å². The predicted molar refractivity (Wildman–Crippen MR) is 112 cm³/mol. The molecule has 156 valence electrons. The van der Waals surface area contributed by atoms with Gasteiger partial charge in [0.2, 0.25) is 5.95 Å². The molecule has 3 rings (SSSR count). The van der Waals surface area contributed by atoms with Gasteiger partial charge >= 0.3 is 0 Å². The van der Waals surface area contributed by atoms with Gasteiger partial charge in [-0.15, -0.1) is 0 Å². The maximum Gasteiger partial charge on any atom is 0.256 e. The molecule has 28 heavy (non-hydrogen) atoms. The molecule has 2 heterocycles. The molecular formula is C21H35N5O2. The van der Waals surface area contributed by atoms with Crippen molar-refractivity contribution in [3.63, 3.8) is 0 Å². The lowest BCUT2D eigenvalue weighted by molar-refractivity contribution is 0.0642. The van der Waals surface area contributed by atoms with Crippen molar-refractivity contribution in [3.05, 3.63) is 11.8 Å². The van der Waals surface area contributed by atoms with Crippen molar-refractivity contribution in [2.45, 2.75) is 70.8 Å². The quantitative estimate of drug-likeness (QED) is 0.560. The average Bonchev–Trinajstić information content (AvgIpc) is 2.74. The van der Waals surface area contributed by atoms with Gasteiger partial charge in [0.1, 0.15) is 11.4 Å². The van der Waals surface area contributed by atoms with E-state index in [0.29, 0.717) is 35.8 Å². The van der Waals surface area contributed by atoms with Crippen LogP contribution in [0, 0.1) is 5.92 Å². The van der Waals surface area contributed by atoms with Crippen molar-refractivity contribution >= 4 is 17.7 Å². The molecule has 2 aliphatic rings. The minimum atomic E-state index is -0.0927. The lowest BCUT2D eigenvalue weighted by Crippen LogP contribution is -2.33. The maximum absolute atomic E-state index is 12.8. The van der Waals surface area contributed by atoms with Crippen LogP contribution in [0.2, 0.25) is 0 Å². The Morgan fingerprint density at radius 2 is 1.96 bits per heavy atom. The number of nitrogens with one attached hydrogen (secondary N) is 3. The van der Waals surface area contributed by atoms with E-state index in [4.69, 9.17) is 4.74 Å². The molecule has 1 aromatic heterocycles. The Balaban J connectivity index is 1.66. The number of unbranched alkanes of at least 4 members (excludes halogenated alkanes) is 1. The van der Waals surface area contributed by atoms with Crippen molar-refractivity contribution in [1.29, 1.82) is 0 Å². The Morgan fingerprint density at radius 3 is 2.71 bits per heavy atom. The van der Waals surface area contributed by atoms with Crippen LogP contribution in [0.25, 0.3) is 0 Å². The molecular weight excluding hydrogens is 354 g/mol. The summed E-state index contributed by atoms with van der Waals surface area (Å²) in [4.78, 5) is 21.9. The number of nitrogens with zero attached hydrogens (tertiary/aromatic N) is 2. The summed E-state index contributed by atoms with van der Waals surface area (Å²) in [5.41, 5.74) is 0.540. The third-order valence-corrected chi connectivity index (χ3v) is 5.69. The summed E-state index contributed by atoms with van der Waals surface area (Å²) in [6, 6.07) is 0.384. The van der Waals surface area contributed by atoms with Crippen LogP contribution in [0.15, 0.2) is 6.20 Å². The van der Waals surface area contributed by atoms with Crippen molar-refractivity contribution in [1.82, 2.24) is 15.3 Å². The largest absolute Gasteiger partial charge is 0.381 e. The number of hydrogen-bond donors (Lipinski definition) is 3. The van der Waals surface area contributed by atoms with E-state index in [2.05, 4.69) is 32.8 Å². The Labute approximate surface area is 168 Å². The molecule has 1 aromatic rings. The highest BCUT2D eigenvalue weighted by molar-refractivity contribution is 5.98. The first-order valence-corrected chi connectivity index (χ1v) is 11.0. The van der Waals surface area contributed by atoms with Gasteiger partial charge in [-0.05, 0) is 38.0 Å². The Kier molecular flexibility index (Phi) is 8.33. The third-order valence-electron chi connectivity index (χ3n) is 5.69. The molecule has 0 bridgehead atoms. The van der Waals surface area contributed by atoms with E-state index in [1.54, 1.807) is 6.20 Å². The number of anilines is 2. The van der Waals surface area contributed by atoms with Crippen LogP contribution in [-0.4, -0.2) is 48.2 Å². The molecule has 7 heteroatoms. The summed E-state index contributed by atoms with van der Waals surface area (Å²) < 4.78 is 5.40. The van der Waals surface area contributed by atoms with Crippen LogP contribution in [0.5, 0.6) is 0 Å². The molecule has 0 unspecified atom stereocenters. The zero-order valence-corrected chi connectivity index (χ0v) is 17.1. The second kappa shape index (κ2) is 11.2. The molecule has 2 fully saturated rings. The average molecular weight is 390 g/mol. The van der Waals surface area contributed by atoms with Crippen LogP contribution >= 0.6 is 0 Å². The second-order valence-electron chi connectivity index (χ2n) is 7.98. The number of rotatable bonds is 9. The molecule has 0 spiro atoms. The first-order chi connectivity index (χ1) is 13.8. The van der Waals surface area contributed by atoms with Crippen LogP contribution < -0.4 is 16.0 Å². The monoisotopic (exact) mass is 389 g/mol. The molecule has 1 saturated carbocycles. The number of carbonyl (C=O) groups is 1. The minimum absolute atomic E-state index is 0.0927. The summed E-state index contributed by atoms with van der Waals surface area (Å²) in [6.07, 6.45) is 11.9. The summed E-state index contributed by atoms with van der Waals surface area (Å²) in [5, 5.41) is 9.88. The summed E-state index contributed by atoms with van der Waals surface area (Å²) >= 11 is 0. The molecule has 0 aromatic carbocycles. The first-order valence-electron chi connectivity index (χ1n) is 11.0. The first kappa shape index (κ1) is 20.8. The van der Waals surface area contributed by atoms with E-state index >= 15 is 0 Å². The predicted octanol–water partition coefficient (Wildman–Crippen LogP) is 3.59. The molecule has 0 radical (unpaired) electrons. The van der Waals surface area contributed by atoms with Gasteiger partial charge < -0.3 is 20.7 Å². The molecule has 1 saturated heterocycles. The van der Waals surface area contributed by atoms with E-state index in [1.807, 2.05) is 0 Å². The number of amides is 1. The van der Waals surface area contributed by atoms with Gasteiger partial charge in [0.05, 0.1) is 0 Å². The van der Waals surface area contributed by atoms with Crippen molar-refractivity contribution in [2.75, 3.05) is 36.9 Å². The van der Waals surface area contributed by atoms with E-state index in [9.17, 15) is 4.79 Å². The zero-order valence-electron chi connectivity index (χ0n) is 17.1. The summed E-state index contributed by atoms with van der Waals surface area (Å²) in [5.74, 6) is 1.64. The highest BCUT2D eigenvalue weighted by Crippen LogP contribution is 2.23. The lowest BCUT2D eigenvalue weighted by atomic mass is 9.95. The summed E-state index contributed by atoms with van der Waals surface area (Å²) in [6.45, 7) is 5.26. The van der Waals surface area contributed by atoms with E-state index in [1.165, 1.54) is 19.3 Å². The van der Waals surface area contributed by atoms with Crippen LogP contribution in [0.3, 0.4) is 0 Å². The lowest BCUT2D eigenvalue weighted by Gasteiger charge is -2.25. The van der Waals surface area contributed by atoms with Gasteiger partial charge in [0, 0.05) is 38.5 Å². The van der Waals surface area contributed by atoms with E-state index in [0.717, 1.165) is 58.3 Å². The van der Waals surface area contributed by atoms with E-state index < -0.39 is 0 Å². The topological polar surface area (TPSA) is 88.2 Å². The second-order valence-corrected chi connectivity index (χ2v) is 7.98. The van der Waals surface area contributed by atoms with Crippen molar-refractivity contribution in [3.8, 4) is 0 Å². The fourth-order valence-corrected chi connectivity index (χ4v) is 3.84. The molecule has 0 atom stereocenters. The van der Waals surface area contributed by atoms with Crippen LogP contribution in [-0.2, 0) is 4.74 Å². The number of hydrogen-bond acceptors (Lipinski definition) is 6. The van der Waals surface area contributed by atoms with Gasteiger partial charge in [-0.25, -0.2) is 4.98 Å². The third kappa shape index (κ3) is 6.33. The number of carbonyl (C=O) groups excluding carboxylic acids is 1. The maximum atomic E-state index is 12.8. The molecule has 1 amide bonds. The van der Waals surface area contributed by atoms with Crippen LogP contribution in [0.4, 0.5) is 11.8 Å². The Morgan fingerprint density at radius 1 is 1.18 bits per heavy atom. The van der Waals surface area contributed by atoms with Crippen LogP contribution in [0.1, 0.15) is 75.1 Å². The Hall–Kier alpha value is -1.89. The van der Waals surface area contributed by atoms with Gasteiger partial charge in [0.15, 0.2) is 0 Å². The molecule has 3 N–H and O–H groups in total. The van der Waals surface area contributed by atoms with Crippen molar-refractivity contribution < 1.29 is 9.53 Å². The molecule has 1 aliphatic heterocycles. The minimum Gasteiger partial charge on any atom is -0.381 e. The molecule has 1 aliphatic carbocycles. The fraction of sp³-hybridized carbons (Fsp3) is 0.762. The summed E-state index contributed by atoms with van der Waals surface area (Å²) in [7, 11) is 0. The van der Waals surface area contributed by atoms with Gasteiger partial charge in [-0.1, -0.05) is 32.6 Å². The van der Waals surface area contributed by atoms with Gasteiger partial charge in [0.25, 0.3) is 5.91 Å². The number of aromatic nitrogens is 2. The van der Waals surface area contributed by atoms with Gasteiger partial charge in [-0.2, -0.15) is 4.98 Å². The number of ether oxygens (including phenoxy) is 1. The Bertz CT molecular complexity index is 613. The highest BCUT2D eigenvalue weighted by atomic mass is 16.5. The van der Waals surface area contributed by atoms with Crippen molar-refractivity contribution in [2.24, 2.45) is 5.92 Å². The molecule has 7 nitrogen and oxygen atoms in total. The smallest absolute Gasteiger partial charge is 0.256 e. The fourth-order valence-electron chi connectivity index (χ4n) is 3.84. The standard InChI is InChI=1S/C21H35N5O2/c1-2-3-11-22-21-24-15-18(19(26-21)25-17-7-5-4-6-8-17)20(27)23-14-16-9-12-28-13-10-16/h15-17H,2-14H2,1H3,(H,23,27)(H2,22,24,25,26). The normalized spacial score (nSPS) is 18.6. The zero-order chi connectivity index (χ0) is 19.6. The SMILES string of the molecule is CCCCNc1ncc(C(=O)NCC2CCOCC2)c(NC2CCCCC2)n1. The van der Waals surface area contributed by atoms with E-state index in [-0.39, 0.29) is 5.91 Å². The highest BCUT2D eigenvalue weighted by Gasteiger charge is 2.21.